The third kappa shape index (κ3) is 3.61. The molecule has 4 rings (SSSR count). The number of nitrogens with one attached hydrogen (secondary N) is 2. The Morgan fingerprint density at radius 2 is 2.16 bits per heavy atom. The molecule has 10 nitrogen and oxygen atoms in total. The Bertz CT molecular complexity index is 1270. The van der Waals surface area contributed by atoms with Crippen LogP contribution in [0.15, 0.2) is 44.8 Å². The quantitative estimate of drug-likeness (QED) is 0.208. The molecule has 1 aliphatic heterocycles. The molecule has 0 aliphatic carbocycles. The molecule has 0 saturated carbocycles. The van der Waals surface area contributed by atoms with Crippen molar-refractivity contribution in [3.63, 3.8) is 0 Å². The zero-order valence-corrected chi connectivity index (χ0v) is 18.8. The number of benzene rings is 2. The zero-order valence-electron chi connectivity index (χ0n) is 16.4. The van der Waals surface area contributed by atoms with Crippen LogP contribution in [0.2, 0.25) is 0 Å². The number of fused-ring (bicyclic) bond motifs is 3. The summed E-state index contributed by atoms with van der Waals surface area (Å²) in [4.78, 5) is 27.1. The van der Waals surface area contributed by atoms with Gasteiger partial charge in [0.15, 0.2) is 5.75 Å². The zero-order chi connectivity index (χ0) is 22.3. The van der Waals surface area contributed by atoms with E-state index in [1.54, 1.807) is 31.4 Å². The molecule has 3 N–H and O–H groups in total. The van der Waals surface area contributed by atoms with Crippen LogP contribution in [-0.2, 0) is 0 Å². The topological polar surface area (TPSA) is 134 Å². The van der Waals surface area contributed by atoms with Gasteiger partial charge in [-0.25, -0.2) is 0 Å². The van der Waals surface area contributed by atoms with Crippen molar-refractivity contribution in [2.75, 3.05) is 18.2 Å². The Kier molecular flexibility index (Phi) is 5.58. The Hall–Kier alpha value is -3.12. The van der Waals surface area contributed by atoms with E-state index in [1.807, 2.05) is 0 Å². The van der Waals surface area contributed by atoms with Gasteiger partial charge in [-0.15, -0.1) is 0 Å². The number of nitro groups is 1. The van der Waals surface area contributed by atoms with Crippen LogP contribution >= 0.6 is 27.7 Å². The number of halogens is 1. The molecule has 0 spiro atoms. The summed E-state index contributed by atoms with van der Waals surface area (Å²) < 4.78 is 7.56. The number of nitro benzene ring substituents is 1. The van der Waals surface area contributed by atoms with Crippen molar-refractivity contribution in [2.45, 2.75) is 18.2 Å². The SMILES string of the molecule is CCOc1c(O)ccc([C@@H]2Nc3ccc(Br)cc3-c3c(=O)[nH]c(SC)n[n+]32)c1[N+](=O)[O-]. The van der Waals surface area contributed by atoms with Crippen LogP contribution < -0.4 is 20.3 Å². The molecule has 2 aromatic carbocycles. The standard InChI is InChI=1S/C19H16BrN5O5S/c1-3-30-16-13(26)7-5-10(14(16)25(28)29)17-21-12-6-4-9(20)8-11(12)15-18(27)22-19(31-2)23-24(15)17/h4-8,17H,3H2,1-2H3,(H2,22,23,26,27)/p+1/t17-/m1/s1. The van der Waals surface area contributed by atoms with Gasteiger partial charge < -0.3 is 15.2 Å². The smallest absolute Gasteiger partial charge is 0.326 e. The summed E-state index contributed by atoms with van der Waals surface area (Å²) in [6.45, 7) is 1.80. The summed E-state index contributed by atoms with van der Waals surface area (Å²) >= 11 is 4.65. The second-order valence-electron chi connectivity index (χ2n) is 6.54. The second kappa shape index (κ2) is 8.19. The van der Waals surface area contributed by atoms with Crippen molar-refractivity contribution in [1.82, 2.24) is 10.1 Å². The molecule has 1 aliphatic rings. The predicted molar refractivity (Wildman–Crippen MR) is 118 cm³/mol. The highest BCUT2D eigenvalue weighted by Gasteiger charge is 2.42. The lowest BCUT2D eigenvalue weighted by molar-refractivity contribution is -0.759. The van der Waals surface area contributed by atoms with Gasteiger partial charge in [-0.05, 0) is 48.2 Å². The fraction of sp³-hybridized carbons (Fsp3) is 0.211. The number of nitrogens with zero attached hydrogens (tertiary/aromatic N) is 3. The molecule has 0 saturated heterocycles. The molecule has 1 aromatic heterocycles. The summed E-state index contributed by atoms with van der Waals surface area (Å²) in [5.74, 6) is -0.572. The molecule has 160 valence electrons. The third-order valence-corrected chi connectivity index (χ3v) is 5.80. The highest BCUT2D eigenvalue weighted by Crippen LogP contribution is 2.43. The van der Waals surface area contributed by atoms with E-state index in [9.17, 15) is 20.0 Å². The maximum Gasteiger partial charge on any atom is 0.326 e. The van der Waals surface area contributed by atoms with Gasteiger partial charge in [0.25, 0.3) is 6.17 Å². The Morgan fingerprint density at radius 3 is 2.84 bits per heavy atom. The van der Waals surface area contributed by atoms with Crippen LogP contribution in [0.25, 0.3) is 11.3 Å². The third-order valence-electron chi connectivity index (χ3n) is 4.74. The van der Waals surface area contributed by atoms with E-state index in [4.69, 9.17) is 4.74 Å². The second-order valence-corrected chi connectivity index (χ2v) is 8.25. The van der Waals surface area contributed by atoms with Crippen LogP contribution in [0.4, 0.5) is 11.4 Å². The molecule has 0 bridgehead atoms. The van der Waals surface area contributed by atoms with Crippen molar-refractivity contribution in [3.05, 3.63) is 60.8 Å². The Balaban J connectivity index is 2.04. The highest BCUT2D eigenvalue weighted by molar-refractivity contribution is 9.10. The number of hydrogen-bond acceptors (Lipinski definition) is 8. The molecule has 0 radical (unpaired) electrons. The first kappa shape index (κ1) is 21.1. The lowest BCUT2D eigenvalue weighted by Crippen LogP contribution is -2.55. The fourth-order valence-corrected chi connectivity index (χ4v) is 4.21. The molecule has 1 atom stereocenters. The van der Waals surface area contributed by atoms with Gasteiger partial charge in [0.2, 0.25) is 10.9 Å². The number of anilines is 1. The summed E-state index contributed by atoms with van der Waals surface area (Å²) in [5, 5.41) is 30.2. The maximum absolute atomic E-state index is 13.0. The summed E-state index contributed by atoms with van der Waals surface area (Å²) in [6.07, 6.45) is 0.870. The van der Waals surface area contributed by atoms with E-state index in [-0.39, 0.29) is 34.9 Å². The minimum Gasteiger partial charge on any atom is -0.504 e. The summed E-state index contributed by atoms with van der Waals surface area (Å²) in [5.41, 5.74) is 0.869. The van der Waals surface area contributed by atoms with Gasteiger partial charge >= 0.3 is 16.9 Å². The number of thioether (sulfide) groups is 1. The van der Waals surface area contributed by atoms with Gasteiger partial charge in [0.05, 0.1) is 22.8 Å². The Morgan fingerprint density at radius 1 is 1.39 bits per heavy atom. The number of aromatic amines is 1. The number of rotatable bonds is 5. The van der Waals surface area contributed by atoms with Crippen LogP contribution in [-0.4, -0.2) is 33.0 Å². The number of phenolic OH excluding ortho intramolecular Hbond substituents is 1. The minimum absolute atomic E-state index is 0.130. The number of H-pyrrole nitrogens is 1. The highest BCUT2D eigenvalue weighted by atomic mass is 79.9. The van der Waals surface area contributed by atoms with E-state index in [1.165, 1.54) is 28.6 Å². The van der Waals surface area contributed by atoms with Crippen molar-refractivity contribution in [2.24, 2.45) is 0 Å². The molecule has 0 unspecified atom stereocenters. The van der Waals surface area contributed by atoms with E-state index >= 15 is 0 Å². The largest absolute Gasteiger partial charge is 0.504 e. The van der Waals surface area contributed by atoms with E-state index in [2.05, 4.69) is 31.3 Å². The number of aromatic nitrogens is 3. The number of phenols is 1. The van der Waals surface area contributed by atoms with Gasteiger partial charge in [0.1, 0.15) is 5.56 Å². The van der Waals surface area contributed by atoms with Crippen molar-refractivity contribution >= 4 is 39.1 Å². The normalized spacial score (nSPS) is 14.4. The van der Waals surface area contributed by atoms with Crippen molar-refractivity contribution < 1.29 is 19.4 Å². The molecule has 0 fully saturated rings. The number of aromatic hydroxyl groups is 1. The van der Waals surface area contributed by atoms with Gasteiger partial charge in [-0.3, -0.25) is 19.9 Å². The monoisotopic (exact) mass is 506 g/mol. The van der Waals surface area contributed by atoms with Crippen LogP contribution in [0.5, 0.6) is 11.5 Å². The van der Waals surface area contributed by atoms with Crippen molar-refractivity contribution in [3.8, 4) is 22.8 Å². The Labute approximate surface area is 188 Å². The summed E-state index contributed by atoms with van der Waals surface area (Å²) in [7, 11) is 0. The molecule has 2 heterocycles. The first-order valence-corrected chi connectivity index (χ1v) is 11.2. The molecule has 31 heavy (non-hydrogen) atoms. The first-order valence-electron chi connectivity index (χ1n) is 9.15. The maximum atomic E-state index is 13.0. The average molecular weight is 507 g/mol. The lowest BCUT2D eigenvalue weighted by atomic mass is 10.0. The predicted octanol–water partition coefficient (Wildman–Crippen LogP) is 3.19. The average Bonchev–Trinajstić information content (AvgIpc) is 2.74. The fourth-order valence-electron chi connectivity index (χ4n) is 3.49. The first-order chi connectivity index (χ1) is 14.8. The molecule has 0 amide bonds. The van der Waals surface area contributed by atoms with E-state index in [0.29, 0.717) is 16.4 Å². The number of ether oxygens (including phenoxy) is 1. The van der Waals surface area contributed by atoms with Crippen molar-refractivity contribution in [1.29, 1.82) is 0 Å². The summed E-state index contributed by atoms with van der Waals surface area (Å²) in [6, 6.07) is 8.10. The molecule has 3 aromatic rings. The minimum atomic E-state index is -0.892. The lowest BCUT2D eigenvalue weighted by Gasteiger charge is -2.23. The van der Waals surface area contributed by atoms with Crippen LogP contribution in [0.3, 0.4) is 0 Å². The van der Waals surface area contributed by atoms with Gasteiger partial charge in [0, 0.05) is 9.57 Å². The van der Waals surface area contributed by atoms with Gasteiger partial charge in [-0.2, -0.15) is 0 Å². The van der Waals surface area contributed by atoms with Crippen LogP contribution in [0.1, 0.15) is 18.7 Å². The van der Waals surface area contributed by atoms with E-state index in [0.717, 1.165) is 4.47 Å². The molecular formula is C19H17BrN5O5S+. The van der Waals surface area contributed by atoms with Crippen LogP contribution in [0, 0.1) is 10.1 Å². The van der Waals surface area contributed by atoms with Gasteiger partial charge in [-0.1, -0.05) is 27.7 Å². The van der Waals surface area contributed by atoms with E-state index < -0.39 is 16.8 Å². The molecular weight excluding hydrogens is 490 g/mol. The molecule has 12 heteroatoms. The number of hydrogen-bond donors (Lipinski definition) is 3.